The third-order valence-electron chi connectivity index (χ3n) is 2.96. The number of nitrogens with zero attached hydrogens (tertiary/aromatic N) is 1. The third-order valence-corrected chi connectivity index (χ3v) is 3.52. The highest BCUT2D eigenvalue weighted by atomic mass is 79.9. The number of anilines is 1. The first-order chi connectivity index (χ1) is 9.04. The number of unbranched alkanes of at least 4 members (excludes halogenated alkanes) is 1. The molecular weight excluding hydrogens is 308 g/mol. The summed E-state index contributed by atoms with van der Waals surface area (Å²) in [5.41, 5.74) is 1.42. The molecule has 0 saturated heterocycles. The minimum Gasteiger partial charge on any atom is -0.476 e. The zero-order chi connectivity index (χ0) is 14.3. The third kappa shape index (κ3) is 5.59. The number of carbonyl (C=O) groups is 1. The highest BCUT2D eigenvalue weighted by Crippen LogP contribution is 2.16. The lowest BCUT2D eigenvalue weighted by atomic mass is 10.0. The molecule has 0 saturated carbocycles. The first-order valence-electron chi connectivity index (χ1n) is 6.55. The van der Waals surface area contributed by atoms with E-state index in [4.69, 9.17) is 5.11 Å². The van der Waals surface area contributed by atoms with Crippen molar-refractivity contribution in [3.05, 3.63) is 23.5 Å². The van der Waals surface area contributed by atoms with E-state index in [2.05, 4.69) is 33.2 Å². The van der Waals surface area contributed by atoms with Gasteiger partial charge in [-0.1, -0.05) is 29.3 Å². The number of alkyl halides is 1. The molecule has 19 heavy (non-hydrogen) atoms. The Balaban J connectivity index is 2.55. The summed E-state index contributed by atoms with van der Waals surface area (Å²) in [7, 11) is 0. The van der Waals surface area contributed by atoms with Crippen LogP contribution in [0.5, 0.6) is 0 Å². The van der Waals surface area contributed by atoms with Gasteiger partial charge in [0.25, 0.3) is 0 Å². The second kappa shape index (κ2) is 8.15. The fourth-order valence-corrected chi connectivity index (χ4v) is 2.23. The molecule has 0 spiro atoms. The molecule has 1 unspecified atom stereocenters. The van der Waals surface area contributed by atoms with Crippen molar-refractivity contribution >= 4 is 27.6 Å². The average Bonchev–Trinajstić information content (AvgIpc) is 2.37. The Labute approximate surface area is 122 Å². The summed E-state index contributed by atoms with van der Waals surface area (Å²) in [4.78, 5) is 15.2. The molecule has 0 aliphatic heterocycles. The standard InChI is InChI=1S/C14H21BrN2O2/c1-10(5-3-4-8-15)9-16-12-7-6-11(2)17-13(12)14(18)19/h6-7,10,16H,3-5,8-9H2,1-2H3,(H,18,19). The Kier molecular flexibility index (Phi) is 6.84. The Hall–Kier alpha value is -1.10. The lowest BCUT2D eigenvalue weighted by Crippen LogP contribution is -2.15. The number of rotatable bonds is 8. The van der Waals surface area contributed by atoms with E-state index in [9.17, 15) is 4.79 Å². The average molecular weight is 329 g/mol. The van der Waals surface area contributed by atoms with Gasteiger partial charge in [0.2, 0.25) is 0 Å². The minimum atomic E-state index is -0.988. The van der Waals surface area contributed by atoms with Crippen molar-refractivity contribution in [2.45, 2.75) is 33.1 Å². The monoisotopic (exact) mass is 328 g/mol. The highest BCUT2D eigenvalue weighted by Gasteiger charge is 2.12. The van der Waals surface area contributed by atoms with Gasteiger partial charge in [0.1, 0.15) is 0 Å². The van der Waals surface area contributed by atoms with Crippen molar-refractivity contribution in [1.82, 2.24) is 4.98 Å². The molecule has 0 aromatic carbocycles. The molecule has 1 aromatic heterocycles. The fourth-order valence-electron chi connectivity index (χ4n) is 1.84. The van der Waals surface area contributed by atoms with Crippen LogP contribution in [0.15, 0.2) is 12.1 Å². The SMILES string of the molecule is Cc1ccc(NCC(C)CCCCBr)c(C(=O)O)n1. The van der Waals surface area contributed by atoms with Crippen molar-refractivity contribution in [2.24, 2.45) is 5.92 Å². The lowest BCUT2D eigenvalue weighted by molar-refractivity contribution is 0.0691. The molecule has 2 N–H and O–H groups in total. The molecule has 5 heteroatoms. The van der Waals surface area contributed by atoms with E-state index < -0.39 is 5.97 Å². The maximum absolute atomic E-state index is 11.1. The highest BCUT2D eigenvalue weighted by molar-refractivity contribution is 9.09. The topological polar surface area (TPSA) is 62.2 Å². The molecule has 1 aromatic rings. The first-order valence-corrected chi connectivity index (χ1v) is 7.67. The first kappa shape index (κ1) is 16.0. The predicted molar refractivity (Wildman–Crippen MR) is 81.2 cm³/mol. The molecular formula is C14H21BrN2O2. The summed E-state index contributed by atoms with van der Waals surface area (Å²) < 4.78 is 0. The van der Waals surface area contributed by atoms with E-state index in [0.717, 1.165) is 18.3 Å². The van der Waals surface area contributed by atoms with Gasteiger partial charge in [-0.15, -0.1) is 0 Å². The molecule has 0 bridgehead atoms. The van der Waals surface area contributed by atoms with Crippen LogP contribution >= 0.6 is 15.9 Å². The van der Waals surface area contributed by atoms with E-state index in [-0.39, 0.29) is 5.69 Å². The van der Waals surface area contributed by atoms with E-state index in [1.165, 1.54) is 12.8 Å². The summed E-state index contributed by atoms with van der Waals surface area (Å²) in [5, 5.41) is 13.4. The molecule has 106 valence electrons. The summed E-state index contributed by atoms with van der Waals surface area (Å²) in [6.07, 6.45) is 3.50. The number of pyridine rings is 1. The van der Waals surface area contributed by atoms with Gasteiger partial charge in [0, 0.05) is 17.6 Å². The molecule has 1 heterocycles. The zero-order valence-electron chi connectivity index (χ0n) is 11.4. The molecule has 0 amide bonds. The largest absolute Gasteiger partial charge is 0.476 e. The van der Waals surface area contributed by atoms with Crippen LogP contribution in [-0.2, 0) is 0 Å². The van der Waals surface area contributed by atoms with Gasteiger partial charge < -0.3 is 10.4 Å². The van der Waals surface area contributed by atoms with Gasteiger partial charge in [-0.25, -0.2) is 9.78 Å². The fraction of sp³-hybridized carbons (Fsp3) is 0.571. The number of aryl methyl sites for hydroxylation is 1. The maximum Gasteiger partial charge on any atom is 0.356 e. The van der Waals surface area contributed by atoms with Crippen LogP contribution in [0.25, 0.3) is 0 Å². The van der Waals surface area contributed by atoms with Crippen LogP contribution in [0, 0.1) is 12.8 Å². The van der Waals surface area contributed by atoms with Crippen LogP contribution in [0.3, 0.4) is 0 Å². The molecule has 1 rings (SSSR count). The van der Waals surface area contributed by atoms with Crippen molar-refractivity contribution in [3.8, 4) is 0 Å². The Bertz CT molecular complexity index is 424. The molecule has 1 atom stereocenters. The number of aromatic nitrogens is 1. The predicted octanol–water partition coefficient (Wildman–Crippen LogP) is 3.70. The number of carboxylic acid groups (broad SMARTS) is 1. The number of hydrogen-bond donors (Lipinski definition) is 2. The van der Waals surface area contributed by atoms with Crippen LogP contribution in [0.4, 0.5) is 5.69 Å². The summed E-state index contributed by atoms with van der Waals surface area (Å²) in [6.45, 7) is 4.73. The Morgan fingerprint density at radius 3 is 2.84 bits per heavy atom. The number of hydrogen-bond acceptors (Lipinski definition) is 3. The van der Waals surface area contributed by atoms with Crippen molar-refractivity contribution in [1.29, 1.82) is 0 Å². The van der Waals surface area contributed by atoms with Crippen LogP contribution in [0.2, 0.25) is 0 Å². The Morgan fingerprint density at radius 1 is 1.47 bits per heavy atom. The van der Waals surface area contributed by atoms with E-state index >= 15 is 0 Å². The van der Waals surface area contributed by atoms with Gasteiger partial charge in [0.15, 0.2) is 5.69 Å². The second-order valence-corrected chi connectivity index (χ2v) is 5.62. The van der Waals surface area contributed by atoms with Gasteiger partial charge in [-0.2, -0.15) is 0 Å². The summed E-state index contributed by atoms with van der Waals surface area (Å²) >= 11 is 3.42. The molecule has 0 aliphatic rings. The van der Waals surface area contributed by atoms with Crippen LogP contribution < -0.4 is 5.32 Å². The normalized spacial score (nSPS) is 12.2. The maximum atomic E-state index is 11.1. The molecule has 0 aliphatic carbocycles. The van der Waals surface area contributed by atoms with Gasteiger partial charge in [-0.05, 0) is 37.8 Å². The van der Waals surface area contributed by atoms with Crippen molar-refractivity contribution in [2.75, 3.05) is 17.2 Å². The molecule has 0 radical (unpaired) electrons. The quantitative estimate of drug-likeness (QED) is 0.564. The van der Waals surface area contributed by atoms with Gasteiger partial charge in [-0.3, -0.25) is 0 Å². The van der Waals surface area contributed by atoms with Crippen molar-refractivity contribution in [3.63, 3.8) is 0 Å². The zero-order valence-corrected chi connectivity index (χ0v) is 13.0. The van der Waals surface area contributed by atoms with Crippen LogP contribution in [0.1, 0.15) is 42.4 Å². The molecule has 4 nitrogen and oxygen atoms in total. The number of nitrogens with one attached hydrogen (secondary N) is 1. The summed E-state index contributed by atoms with van der Waals surface area (Å²) in [6, 6.07) is 3.61. The van der Waals surface area contributed by atoms with Crippen molar-refractivity contribution < 1.29 is 9.90 Å². The summed E-state index contributed by atoms with van der Waals surface area (Å²) in [5.74, 6) is -0.472. The second-order valence-electron chi connectivity index (χ2n) is 4.82. The van der Waals surface area contributed by atoms with Gasteiger partial charge >= 0.3 is 5.97 Å². The van der Waals surface area contributed by atoms with E-state index in [1.54, 1.807) is 13.0 Å². The minimum absolute atomic E-state index is 0.104. The van der Waals surface area contributed by atoms with Gasteiger partial charge in [0.05, 0.1) is 5.69 Å². The Morgan fingerprint density at radius 2 is 2.21 bits per heavy atom. The number of halogens is 1. The molecule has 0 fully saturated rings. The number of carboxylic acids is 1. The van der Waals surface area contributed by atoms with E-state index in [0.29, 0.717) is 17.3 Å². The number of aromatic carboxylic acids is 1. The lowest BCUT2D eigenvalue weighted by Gasteiger charge is -2.14. The van der Waals surface area contributed by atoms with E-state index in [1.807, 2.05) is 6.07 Å². The smallest absolute Gasteiger partial charge is 0.356 e. The van der Waals surface area contributed by atoms with Crippen LogP contribution in [-0.4, -0.2) is 27.9 Å².